The average Bonchev–Trinajstić information content (AvgIpc) is 2.92. The lowest BCUT2D eigenvalue weighted by Gasteiger charge is -2.31. The molecule has 4 rings (SSSR count). The van der Waals surface area contributed by atoms with Gasteiger partial charge in [0.15, 0.2) is 5.82 Å². The number of hydrogen-bond donors (Lipinski definition) is 3. The van der Waals surface area contributed by atoms with E-state index in [-0.39, 0.29) is 6.03 Å². The zero-order valence-electron chi connectivity index (χ0n) is 21.5. The van der Waals surface area contributed by atoms with Gasteiger partial charge in [0.2, 0.25) is 0 Å². The highest BCUT2D eigenvalue weighted by atomic mass is 16.5. The highest BCUT2D eigenvalue weighted by Crippen LogP contribution is 2.28. The Morgan fingerprint density at radius 2 is 1.74 bits per heavy atom. The standard InChI is InChI=1S/C20H26N6O2.2C2H6.C2H4/c1-2-22-20(27)23-15-5-3-14(4-6-15)18-24-17-13-21-8-7-16(17)19(25-18)26-9-11-28-12-10-26;3*1-2/h3-6,21H,2,7-13H2,1H3,(H2,22,23,27);2*1-2H3;1-2H2. The van der Waals surface area contributed by atoms with E-state index in [1.165, 1.54) is 5.56 Å². The van der Waals surface area contributed by atoms with Gasteiger partial charge in [0.25, 0.3) is 0 Å². The first-order valence-electron chi connectivity index (χ1n) is 12.3. The summed E-state index contributed by atoms with van der Waals surface area (Å²) in [6.07, 6.45) is 0.942. The van der Waals surface area contributed by atoms with Crippen molar-refractivity contribution >= 4 is 17.5 Å². The molecule has 2 aliphatic rings. The molecule has 188 valence electrons. The first kappa shape index (κ1) is 29.1. The largest absolute Gasteiger partial charge is 0.378 e. The number of fused-ring (bicyclic) bond motifs is 1. The molecule has 1 aromatic carbocycles. The third-order valence-corrected chi connectivity index (χ3v) is 4.96. The summed E-state index contributed by atoms with van der Waals surface area (Å²) in [5.41, 5.74) is 3.99. The van der Waals surface area contributed by atoms with E-state index in [4.69, 9.17) is 14.7 Å². The fraction of sp³-hybridized carbons (Fsp3) is 0.500. The van der Waals surface area contributed by atoms with E-state index in [1.54, 1.807) is 0 Å². The molecule has 0 atom stereocenters. The van der Waals surface area contributed by atoms with Crippen LogP contribution in [0.2, 0.25) is 0 Å². The number of nitrogens with zero attached hydrogens (tertiary/aromatic N) is 3. The van der Waals surface area contributed by atoms with Crippen molar-refractivity contribution in [3.05, 3.63) is 48.7 Å². The summed E-state index contributed by atoms with van der Waals surface area (Å²) in [4.78, 5) is 23.7. The number of carbonyl (C=O) groups excluding carboxylic acids is 1. The molecule has 2 aliphatic heterocycles. The Bertz CT molecular complexity index is 851. The molecular weight excluding hydrogens is 428 g/mol. The molecule has 0 saturated carbocycles. The minimum atomic E-state index is -0.207. The third kappa shape index (κ3) is 8.11. The van der Waals surface area contributed by atoms with Gasteiger partial charge in [-0.25, -0.2) is 14.8 Å². The van der Waals surface area contributed by atoms with E-state index in [0.717, 1.165) is 68.6 Å². The van der Waals surface area contributed by atoms with Crippen LogP contribution in [0.5, 0.6) is 0 Å². The number of anilines is 2. The number of rotatable bonds is 4. The summed E-state index contributed by atoms with van der Waals surface area (Å²) in [6.45, 7) is 21.4. The second-order valence-electron chi connectivity index (χ2n) is 6.88. The molecule has 1 saturated heterocycles. The molecule has 0 aliphatic carbocycles. The second-order valence-corrected chi connectivity index (χ2v) is 6.88. The van der Waals surface area contributed by atoms with Gasteiger partial charge in [-0.3, -0.25) is 0 Å². The Morgan fingerprint density at radius 1 is 1.09 bits per heavy atom. The molecule has 2 amide bonds. The van der Waals surface area contributed by atoms with Crippen LogP contribution in [0.25, 0.3) is 11.4 Å². The molecule has 0 bridgehead atoms. The van der Waals surface area contributed by atoms with E-state index in [9.17, 15) is 4.79 Å². The van der Waals surface area contributed by atoms with Crippen LogP contribution in [0, 0.1) is 0 Å². The monoisotopic (exact) mass is 470 g/mol. The number of ether oxygens (including phenoxy) is 1. The molecule has 3 N–H and O–H groups in total. The number of urea groups is 1. The van der Waals surface area contributed by atoms with Gasteiger partial charge < -0.3 is 25.6 Å². The number of hydrogen-bond acceptors (Lipinski definition) is 6. The van der Waals surface area contributed by atoms with Gasteiger partial charge in [-0.15, -0.1) is 13.2 Å². The quantitative estimate of drug-likeness (QED) is 0.565. The van der Waals surface area contributed by atoms with Crippen LogP contribution in [-0.4, -0.2) is 55.4 Å². The van der Waals surface area contributed by atoms with Crippen molar-refractivity contribution in [2.75, 3.05) is 49.6 Å². The molecule has 3 heterocycles. The normalized spacial score (nSPS) is 14.0. The van der Waals surface area contributed by atoms with Crippen LogP contribution in [-0.2, 0) is 17.7 Å². The highest BCUT2D eigenvalue weighted by Gasteiger charge is 2.23. The molecular formula is C26H42N6O2. The van der Waals surface area contributed by atoms with Gasteiger partial charge in [-0.1, -0.05) is 27.7 Å². The Kier molecular flexibility index (Phi) is 14.2. The molecule has 1 fully saturated rings. The van der Waals surface area contributed by atoms with Crippen molar-refractivity contribution in [3.8, 4) is 11.4 Å². The summed E-state index contributed by atoms with van der Waals surface area (Å²) < 4.78 is 5.51. The summed E-state index contributed by atoms with van der Waals surface area (Å²) in [7, 11) is 0. The van der Waals surface area contributed by atoms with Crippen molar-refractivity contribution < 1.29 is 9.53 Å². The van der Waals surface area contributed by atoms with Crippen molar-refractivity contribution in [2.24, 2.45) is 0 Å². The maximum Gasteiger partial charge on any atom is 0.319 e. The first-order valence-corrected chi connectivity index (χ1v) is 12.3. The zero-order chi connectivity index (χ0) is 25.3. The van der Waals surface area contributed by atoms with Gasteiger partial charge in [-0.05, 0) is 44.2 Å². The van der Waals surface area contributed by atoms with E-state index in [1.807, 2.05) is 58.9 Å². The van der Waals surface area contributed by atoms with Crippen molar-refractivity contribution in [1.29, 1.82) is 0 Å². The predicted octanol–water partition coefficient (Wildman–Crippen LogP) is 4.62. The van der Waals surface area contributed by atoms with Gasteiger partial charge in [0.05, 0.1) is 18.9 Å². The van der Waals surface area contributed by atoms with Crippen LogP contribution in [0.15, 0.2) is 37.4 Å². The van der Waals surface area contributed by atoms with E-state index in [0.29, 0.717) is 12.4 Å². The third-order valence-electron chi connectivity index (χ3n) is 4.96. The number of aromatic nitrogens is 2. The van der Waals surface area contributed by atoms with Crippen LogP contribution in [0.1, 0.15) is 45.9 Å². The van der Waals surface area contributed by atoms with Crippen molar-refractivity contribution in [1.82, 2.24) is 20.6 Å². The van der Waals surface area contributed by atoms with Gasteiger partial charge in [0, 0.05) is 43.0 Å². The minimum Gasteiger partial charge on any atom is -0.378 e. The van der Waals surface area contributed by atoms with Crippen LogP contribution < -0.4 is 20.9 Å². The number of nitrogens with one attached hydrogen (secondary N) is 3. The lowest BCUT2D eigenvalue weighted by atomic mass is 10.1. The Morgan fingerprint density at radius 3 is 2.35 bits per heavy atom. The predicted molar refractivity (Wildman–Crippen MR) is 143 cm³/mol. The highest BCUT2D eigenvalue weighted by molar-refractivity contribution is 5.89. The average molecular weight is 471 g/mol. The van der Waals surface area contributed by atoms with E-state index in [2.05, 4.69) is 34.0 Å². The van der Waals surface area contributed by atoms with Gasteiger partial charge in [-0.2, -0.15) is 0 Å². The maximum atomic E-state index is 11.7. The first-order chi connectivity index (χ1) is 16.7. The van der Waals surface area contributed by atoms with E-state index < -0.39 is 0 Å². The lowest BCUT2D eigenvalue weighted by Crippen LogP contribution is -2.39. The van der Waals surface area contributed by atoms with Crippen molar-refractivity contribution in [2.45, 2.75) is 47.6 Å². The zero-order valence-corrected chi connectivity index (χ0v) is 21.5. The van der Waals surface area contributed by atoms with Crippen LogP contribution in [0.3, 0.4) is 0 Å². The molecule has 1 aromatic heterocycles. The topological polar surface area (TPSA) is 91.4 Å². The molecule has 0 spiro atoms. The molecule has 8 nitrogen and oxygen atoms in total. The molecule has 2 aromatic rings. The smallest absolute Gasteiger partial charge is 0.319 e. The van der Waals surface area contributed by atoms with Gasteiger partial charge in [0.1, 0.15) is 5.82 Å². The Balaban J connectivity index is 0.000000894. The number of benzene rings is 1. The van der Waals surface area contributed by atoms with Gasteiger partial charge >= 0.3 is 6.03 Å². The second kappa shape index (κ2) is 16.6. The number of morpholine rings is 1. The maximum absolute atomic E-state index is 11.7. The molecule has 34 heavy (non-hydrogen) atoms. The fourth-order valence-corrected chi connectivity index (χ4v) is 3.54. The summed E-state index contributed by atoms with van der Waals surface area (Å²) in [5.74, 6) is 1.75. The molecule has 0 unspecified atom stereocenters. The molecule has 0 radical (unpaired) electrons. The summed E-state index contributed by atoms with van der Waals surface area (Å²) >= 11 is 0. The Hall–Kier alpha value is -2.97. The minimum absolute atomic E-state index is 0.207. The van der Waals surface area contributed by atoms with Crippen LogP contribution in [0.4, 0.5) is 16.3 Å². The number of carbonyl (C=O) groups is 1. The van der Waals surface area contributed by atoms with Crippen LogP contribution >= 0.6 is 0 Å². The SMILES string of the molecule is C=C.CC.CC.CCNC(=O)Nc1ccc(-c2nc3c(c(N4CCOCC4)n2)CCNC3)cc1. The van der Waals surface area contributed by atoms with Crippen molar-refractivity contribution in [3.63, 3.8) is 0 Å². The Labute approximate surface area is 205 Å². The number of amides is 2. The molecule has 8 heteroatoms. The summed E-state index contributed by atoms with van der Waals surface area (Å²) in [6, 6.07) is 7.44. The summed E-state index contributed by atoms with van der Waals surface area (Å²) in [5, 5.41) is 8.94. The lowest BCUT2D eigenvalue weighted by molar-refractivity contribution is 0.122. The fourth-order valence-electron chi connectivity index (χ4n) is 3.54. The van der Waals surface area contributed by atoms with E-state index >= 15 is 0 Å².